The lowest BCUT2D eigenvalue weighted by Crippen LogP contribution is -2.33. The van der Waals surface area contributed by atoms with Crippen molar-refractivity contribution in [3.63, 3.8) is 0 Å². The Morgan fingerprint density at radius 3 is 2.61 bits per heavy atom. The third-order valence-corrected chi connectivity index (χ3v) is 4.01. The highest BCUT2D eigenvalue weighted by atomic mass is 79.9. The van der Waals surface area contributed by atoms with E-state index in [0.717, 1.165) is 22.0 Å². The highest BCUT2D eigenvalue weighted by Gasteiger charge is 2.16. The van der Waals surface area contributed by atoms with Crippen molar-refractivity contribution in [1.82, 2.24) is 5.32 Å². The minimum Gasteiger partial charge on any atom is -0.444 e. The Morgan fingerprint density at radius 1 is 1.39 bits per heavy atom. The van der Waals surface area contributed by atoms with E-state index in [2.05, 4.69) is 21.2 Å². The number of hydrogen-bond donors (Lipinski definition) is 3. The van der Waals surface area contributed by atoms with Crippen LogP contribution < -0.4 is 11.1 Å². The van der Waals surface area contributed by atoms with Crippen LogP contribution in [-0.2, 0) is 17.6 Å². The van der Waals surface area contributed by atoms with E-state index in [1.807, 2.05) is 32.9 Å². The third-order valence-electron chi connectivity index (χ3n) is 3.26. The van der Waals surface area contributed by atoms with Crippen LogP contribution in [0.25, 0.3) is 0 Å². The lowest BCUT2D eigenvalue weighted by molar-refractivity contribution is 0.0528. The Kier molecular flexibility index (Phi) is 7.35. The van der Waals surface area contributed by atoms with Gasteiger partial charge in [0.1, 0.15) is 5.60 Å². The van der Waals surface area contributed by atoms with Crippen molar-refractivity contribution < 1.29 is 14.6 Å². The van der Waals surface area contributed by atoms with Gasteiger partial charge in [-0.3, -0.25) is 0 Å². The maximum Gasteiger partial charge on any atom is 0.407 e. The van der Waals surface area contributed by atoms with Crippen LogP contribution in [0.5, 0.6) is 0 Å². The number of halogens is 1. The number of carbonyl (C=O) groups excluding carboxylic acids is 1. The number of carbonyl (C=O) groups is 1. The van der Waals surface area contributed by atoms with Gasteiger partial charge in [-0.1, -0.05) is 22.0 Å². The van der Waals surface area contributed by atoms with Crippen LogP contribution in [0.4, 0.5) is 10.5 Å². The van der Waals surface area contributed by atoms with Crippen LogP contribution in [-0.4, -0.2) is 29.4 Å². The second-order valence-electron chi connectivity index (χ2n) is 6.67. The number of hydrogen-bond acceptors (Lipinski definition) is 4. The second-order valence-corrected chi connectivity index (χ2v) is 7.52. The largest absolute Gasteiger partial charge is 0.444 e. The molecule has 1 aromatic rings. The van der Waals surface area contributed by atoms with Crippen molar-refractivity contribution in [2.45, 2.75) is 58.7 Å². The van der Waals surface area contributed by atoms with E-state index in [1.165, 1.54) is 0 Å². The summed E-state index contributed by atoms with van der Waals surface area (Å²) >= 11 is 3.50. The first kappa shape index (κ1) is 19.8. The van der Waals surface area contributed by atoms with Crippen molar-refractivity contribution in [3.8, 4) is 0 Å². The highest BCUT2D eigenvalue weighted by Crippen LogP contribution is 2.27. The number of nitrogens with two attached hydrogens (primary N) is 1. The van der Waals surface area contributed by atoms with E-state index >= 15 is 0 Å². The predicted molar refractivity (Wildman–Crippen MR) is 96.5 cm³/mol. The Bertz CT molecular complexity index is 539. The number of ether oxygens (including phenoxy) is 1. The first-order valence-corrected chi connectivity index (χ1v) is 8.60. The molecule has 0 fully saturated rings. The molecule has 0 bridgehead atoms. The van der Waals surface area contributed by atoms with Crippen LogP contribution in [0.1, 0.15) is 45.2 Å². The van der Waals surface area contributed by atoms with Crippen LogP contribution in [0.2, 0.25) is 0 Å². The van der Waals surface area contributed by atoms with Crippen LogP contribution >= 0.6 is 15.9 Å². The summed E-state index contributed by atoms with van der Waals surface area (Å²) in [5.74, 6) is 0. The number of amides is 1. The summed E-state index contributed by atoms with van der Waals surface area (Å²) in [5, 5.41) is 12.1. The number of rotatable bonds is 6. The van der Waals surface area contributed by atoms with Crippen LogP contribution in [0, 0.1) is 0 Å². The molecular formula is C17H27BrN2O3. The SMILES string of the molecule is CC(O)CCc1ccc(Br)c(CCNC(=O)OC(C)(C)C)c1N. The Balaban J connectivity index is 2.65. The molecule has 1 aromatic carbocycles. The van der Waals surface area contributed by atoms with Crippen LogP contribution in [0.3, 0.4) is 0 Å². The van der Waals surface area contributed by atoms with Gasteiger partial charge in [0, 0.05) is 16.7 Å². The van der Waals surface area contributed by atoms with Crippen molar-refractivity contribution in [2.75, 3.05) is 12.3 Å². The zero-order chi connectivity index (χ0) is 17.6. The number of benzene rings is 1. The monoisotopic (exact) mass is 386 g/mol. The maximum absolute atomic E-state index is 11.7. The molecule has 6 heteroatoms. The number of aliphatic hydroxyl groups excluding tert-OH is 1. The van der Waals surface area contributed by atoms with E-state index in [1.54, 1.807) is 6.92 Å². The average molecular weight is 387 g/mol. The molecule has 0 heterocycles. The van der Waals surface area contributed by atoms with Gasteiger partial charge < -0.3 is 20.9 Å². The van der Waals surface area contributed by atoms with Gasteiger partial charge in [-0.25, -0.2) is 4.79 Å². The van der Waals surface area contributed by atoms with Gasteiger partial charge in [0.05, 0.1) is 6.10 Å². The Morgan fingerprint density at radius 2 is 2.04 bits per heavy atom. The Hall–Kier alpha value is -1.27. The summed E-state index contributed by atoms with van der Waals surface area (Å²) < 4.78 is 6.12. The number of alkyl carbamates (subject to hydrolysis) is 1. The van der Waals surface area contributed by atoms with E-state index in [-0.39, 0.29) is 6.10 Å². The normalized spacial score (nSPS) is 12.8. The van der Waals surface area contributed by atoms with Gasteiger partial charge in [0.2, 0.25) is 0 Å². The maximum atomic E-state index is 11.7. The summed E-state index contributed by atoms with van der Waals surface area (Å²) in [5.41, 5.74) is 8.42. The summed E-state index contributed by atoms with van der Waals surface area (Å²) in [6.07, 6.45) is 1.21. The first-order valence-electron chi connectivity index (χ1n) is 7.81. The highest BCUT2D eigenvalue weighted by molar-refractivity contribution is 9.10. The van der Waals surface area contributed by atoms with Gasteiger partial charge in [0.15, 0.2) is 0 Å². The van der Waals surface area contributed by atoms with Gasteiger partial charge in [-0.15, -0.1) is 0 Å². The molecule has 0 aliphatic heterocycles. The fraction of sp³-hybridized carbons (Fsp3) is 0.588. The minimum absolute atomic E-state index is 0.352. The zero-order valence-corrected chi connectivity index (χ0v) is 15.9. The molecular weight excluding hydrogens is 360 g/mol. The van der Waals surface area contributed by atoms with Crippen molar-refractivity contribution in [1.29, 1.82) is 0 Å². The van der Waals surface area contributed by atoms with E-state index in [4.69, 9.17) is 10.5 Å². The van der Waals surface area contributed by atoms with E-state index < -0.39 is 11.7 Å². The van der Waals surface area contributed by atoms with E-state index in [0.29, 0.717) is 25.1 Å². The van der Waals surface area contributed by atoms with Gasteiger partial charge in [-0.2, -0.15) is 0 Å². The number of nitrogen functional groups attached to an aromatic ring is 1. The van der Waals surface area contributed by atoms with Crippen molar-refractivity contribution in [3.05, 3.63) is 27.7 Å². The lowest BCUT2D eigenvalue weighted by Gasteiger charge is -2.20. The molecule has 1 unspecified atom stereocenters. The molecule has 1 atom stereocenters. The van der Waals surface area contributed by atoms with Gasteiger partial charge in [0.25, 0.3) is 0 Å². The van der Waals surface area contributed by atoms with Crippen LogP contribution in [0.15, 0.2) is 16.6 Å². The molecule has 1 amide bonds. The second kappa shape index (κ2) is 8.55. The summed E-state index contributed by atoms with van der Waals surface area (Å²) in [4.78, 5) is 11.7. The molecule has 0 saturated carbocycles. The fourth-order valence-corrected chi connectivity index (χ4v) is 2.67. The predicted octanol–water partition coefficient (Wildman–Crippen LogP) is 3.41. The molecule has 0 aromatic heterocycles. The molecule has 0 aliphatic carbocycles. The van der Waals surface area contributed by atoms with Gasteiger partial charge >= 0.3 is 6.09 Å². The molecule has 5 nitrogen and oxygen atoms in total. The summed E-state index contributed by atoms with van der Waals surface area (Å²) in [6, 6.07) is 3.92. The summed E-state index contributed by atoms with van der Waals surface area (Å²) in [6.45, 7) is 7.69. The zero-order valence-electron chi connectivity index (χ0n) is 14.3. The first-order chi connectivity index (χ1) is 10.6. The third kappa shape index (κ3) is 7.22. The van der Waals surface area contributed by atoms with E-state index in [9.17, 15) is 9.90 Å². The van der Waals surface area contributed by atoms with Gasteiger partial charge in [-0.05, 0) is 64.2 Å². The molecule has 4 N–H and O–H groups in total. The number of anilines is 1. The average Bonchev–Trinajstić information content (AvgIpc) is 2.39. The fourth-order valence-electron chi connectivity index (χ4n) is 2.13. The summed E-state index contributed by atoms with van der Waals surface area (Å²) in [7, 11) is 0. The van der Waals surface area contributed by atoms with Crippen molar-refractivity contribution >= 4 is 27.7 Å². The Labute approximate surface area is 146 Å². The molecule has 0 saturated heterocycles. The quantitative estimate of drug-likeness (QED) is 0.653. The molecule has 0 spiro atoms. The topological polar surface area (TPSA) is 84.6 Å². The number of nitrogens with one attached hydrogen (secondary N) is 1. The van der Waals surface area contributed by atoms with Crippen molar-refractivity contribution in [2.24, 2.45) is 0 Å². The smallest absolute Gasteiger partial charge is 0.407 e. The molecule has 0 radical (unpaired) electrons. The number of aryl methyl sites for hydroxylation is 1. The molecule has 23 heavy (non-hydrogen) atoms. The molecule has 1 rings (SSSR count). The minimum atomic E-state index is -0.509. The molecule has 0 aliphatic rings. The molecule has 130 valence electrons. The number of aliphatic hydroxyl groups is 1. The lowest BCUT2D eigenvalue weighted by atomic mass is 10.00. The standard InChI is InChI=1S/C17H27BrN2O3/c1-11(21)5-6-12-7-8-14(18)13(15(12)19)9-10-20-16(22)23-17(2,3)4/h7-8,11,21H,5-6,9-10,19H2,1-4H3,(H,20,22).